The zero-order chi connectivity index (χ0) is 38.5. The Morgan fingerprint density at radius 3 is 1.69 bits per heavy atom. The Balaban J connectivity index is 4.58. The molecule has 0 saturated carbocycles. The fourth-order valence-corrected chi connectivity index (χ4v) is 5.21. The maximum absolute atomic E-state index is 12.5. The first kappa shape index (κ1) is 48.9. The summed E-state index contributed by atoms with van der Waals surface area (Å²) in [6.07, 6.45) is 39.9. The average Bonchev–Trinajstić information content (AvgIpc) is 3.12. The maximum atomic E-state index is 12.5. The van der Waals surface area contributed by atoms with Crippen molar-refractivity contribution >= 4 is 25.7 Å². The van der Waals surface area contributed by atoms with Gasteiger partial charge in [-0.2, -0.15) is 0 Å². The minimum atomic E-state index is -4.73. The molecule has 0 heterocycles. The predicted molar refractivity (Wildman–Crippen MR) is 207 cm³/mol. The first-order valence-electron chi connectivity index (χ1n) is 19.0. The van der Waals surface area contributed by atoms with E-state index >= 15 is 0 Å². The third kappa shape index (κ3) is 34.0. The zero-order valence-electron chi connectivity index (χ0n) is 31.6. The lowest BCUT2D eigenvalue weighted by molar-refractivity contribution is -0.161. The molecular weight excluding hydrogens is 685 g/mol. The number of esters is 2. The van der Waals surface area contributed by atoms with Gasteiger partial charge in [0.05, 0.1) is 13.2 Å². The summed E-state index contributed by atoms with van der Waals surface area (Å²) in [5.74, 6) is -2.48. The second-order valence-corrected chi connectivity index (χ2v) is 13.8. The second kappa shape index (κ2) is 35.0. The fraction of sp³-hybridized carbons (Fsp3) is 0.625. The lowest BCUT2D eigenvalue weighted by Gasteiger charge is -2.20. The molecule has 296 valence electrons. The standard InChI is InChI=1S/C40H66NO10P/c1-3-5-7-9-11-13-15-16-17-18-19-20-22-24-26-28-30-32-39(43)51-36(34-49-52(46,47)50-35-37(41)40(44)45)33-48-38(42)31-29-27-25-23-21-14-12-10-8-6-4-2/h5,7,10-13,16-17,19-20,24,26,36-37H,3-4,6,8-9,14-15,18,21-23,25,27-35,41H2,1-2H3,(H,44,45)(H,46,47)/b7-5+,12-10+,13-11+,17-16+,20-19+,26-24+/t36-,37-/m0/s1. The van der Waals surface area contributed by atoms with E-state index in [2.05, 4.69) is 79.1 Å². The number of carbonyl (C=O) groups is 3. The van der Waals surface area contributed by atoms with E-state index in [0.29, 0.717) is 19.3 Å². The van der Waals surface area contributed by atoms with Crippen LogP contribution in [0.1, 0.15) is 129 Å². The monoisotopic (exact) mass is 751 g/mol. The minimum Gasteiger partial charge on any atom is -0.480 e. The Morgan fingerprint density at radius 1 is 0.615 bits per heavy atom. The topological polar surface area (TPSA) is 172 Å². The van der Waals surface area contributed by atoms with Crippen LogP contribution < -0.4 is 5.73 Å². The van der Waals surface area contributed by atoms with E-state index in [9.17, 15) is 23.8 Å². The molecule has 0 aliphatic heterocycles. The van der Waals surface area contributed by atoms with Gasteiger partial charge in [0.1, 0.15) is 12.6 Å². The summed E-state index contributed by atoms with van der Waals surface area (Å²) >= 11 is 0. The lowest BCUT2D eigenvalue weighted by atomic mass is 10.1. The molecule has 0 aromatic heterocycles. The summed E-state index contributed by atoms with van der Waals surface area (Å²) in [5.41, 5.74) is 5.31. The number of carboxylic acid groups (broad SMARTS) is 1. The first-order valence-corrected chi connectivity index (χ1v) is 20.5. The number of hydrogen-bond acceptors (Lipinski definition) is 9. The van der Waals surface area contributed by atoms with Crippen molar-refractivity contribution in [1.82, 2.24) is 0 Å². The van der Waals surface area contributed by atoms with Gasteiger partial charge in [0, 0.05) is 12.8 Å². The largest absolute Gasteiger partial charge is 0.480 e. The van der Waals surface area contributed by atoms with Crippen molar-refractivity contribution in [2.24, 2.45) is 5.73 Å². The summed E-state index contributed by atoms with van der Waals surface area (Å²) in [6, 6.07) is -1.53. The molecule has 3 atom stereocenters. The number of phosphoric ester groups is 1. The molecule has 0 fully saturated rings. The molecule has 0 radical (unpaired) electrons. The Labute approximate surface area is 312 Å². The van der Waals surface area contributed by atoms with Gasteiger partial charge in [0.25, 0.3) is 0 Å². The third-order valence-electron chi connectivity index (χ3n) is 7.44. The second-order valence-electron chi connectivity index (χ2n) is 12.3. The van der Waals surface area contributed by atoms with Crippen molar-refractivity contribution in [3.05, 3.63) is 72.9 Å². The van der Waals surface area contributed by atoms with E-state index < -0.39 is 51.1 Å². The van der Waals surface area contributed by atoms with Crippen molar-refractivity contribution in [1.29, 1.82) is 0 Å². The Kier molecular flexibility index (Phi) is 32.9. The molecule has 0 saturated heterocycles. The van der Waals surface area contributed by atoms with Crippen LogP contribution in [0.15, 0.2) is 72.9 Å². The molecule has 11 nitrogen and oxygen atoms in total. The van der Waals surface area contributed by atoms with Gasteiger partial charge < -0.3 is 25.2 Å². The number of ether oxygens (including phenoxy) is 2. The van der Waals surface area contributed by atoms with Crippen LogP contribution in [0.3, 0.4) is 0 Å². The molecule has 0 amide bonds. The van der Waals surface area contributed by atoms with Crippen LogP contribution in [-0.2, 0) is 37.5 Å². The predicted octanol–water partition coefficient (Wildman–Crippen LogP) is 9.39. The Hall–Kier alpha value is -3.08. The van der Waals surface area contributed by atoms with E-state index in [4.69, 9.17) is 24.8 Å². The van der Waals surface area contributed by atoms with Crippen LogP contribution in [0.5, 0.6) is 0 Å². The first-order chi connectivity index (χ1) is 25.1. The van der Waals surface area contributed by atoms with E-state index in [1.807, 2.05) is 12.2 Å². The number of nitrogens with two attached hydrogens (primary N) is 1. The summed E-state index contributed by atoms with van der Waals surface area (Å²) in [5, 5.41) is 8.85. The minimum absolute atomic E-state index is 0.0774. The number of phosphoric acid groups is 1. The van der Waals surface area contributed by atoms with Crippen LogP contribution >= 0.6 is 7.82 Å². The van der Waals surface area contributed by atoms with Crippen LogP contribution in [0.4, 0.5) is 0 Å². The van der Waals surface area contributed by atoms with Crippen molar-refractivity contribution in [2.75, 3.05) is 19.8 Å². The zero-order valence-corrected chi connectivity index (χ0v) is 32.5. The van der Waals surface area contributed by atoms with Crippen LogP contribution in [0.2, 0.25) is 0 Å². The van der Waals surface area contributed by atoms with Gasteiger partial charge in [-0.15, -0.1) is 0 Å². The van der Waals surface area contributed by atoms with Gasteiger partial charge >= 0.3 is 25.7 Å². The molecule has 0 bridgehead atoms. The van der Waals surface area contributed by atoms with Crippen molar-refractivity contribution in [2.45, 2.75) is 142 Å². The third-order valence-corrected chi connectivity index (χ3v) is 8.39. The summed E-state index contributed by atoms with van der Waals surface area (Å²) in [4.78, 5) is 45.7. The van der Waals surface area contributed by atoms with Crippen LogP contribution in [0.25, 0.3) is 0 Å². The number of carbonyl (C=O) groups excluding carboxylic acids is 2. The molecule has 0 aromatic carbocycles. The van der Waals surface area contributed by atoms with E-state index in [0.717, 1.165) is 70.6 Å². The number of hydrogen-bond donors (Lipinski definition) is 3. The van der Waals surface area contributed by atoms with Crippen molar-refractivity contribution < 1.29 is 47.5 Å². The average molecular weight is 752 g/mol. The van der Waals surface area contributed by atoms with Gasteiger partial charge in [-0.3, -0.25) is 23.4 Å². The molecule has 0 rings (SSSR count). The fourth-order valence-electron chi connectivity index (χ4n) is 4.43. The molecule has 1 unspecified atom stereocenters. The molecule has 12 heteroatoms. The summed E-state index contributed by atoms with van der Waals surface area (Å²) in [6.45, 7) is 2.54. The van der Waals surface area contributed by atoms with Crippen molar-refractivity contribution in [3.8, 4) is 0 Å². The smallest absolute Gasteiger partial charge is 0.472 e. The SMILES string of the molecule is CC/C=C/C/C=C/C/C=C/C/C=C/C/C=C/CCCC(=O)O[C@@H](COC(=O)CCCCCCC/C=C/CCCC)COP(=O)(O)OC[C@H](N)C(=O)O. The molecule has 0 spiro atoms. The number of aliphatic carboxylic acids is 1. The number of carboxylic acids is 1. The van der Waals surface area contributed by atoms with E-state index in [-0.39, 0.29) is 19.4 Å². The van der Waals surface area contributed by atoms with Gasteiger partial charge in [-0.1, -0.05) is 119 Å². The molecule has 4 N–H and O–H groups in total. The highest BCUT2D eigenvalue weighted by molar-refractivity contribution is 7.47. The normalized spacial score (nSPS) is 14.7. The Morgan fingerprint density at radius 2 is 1.10 bits per heavy atom. The van der Waals surface area contributed by atoms with Gasteiger partial charge in [0.2, 0.25) is 0 Å². The number of allylic oxidation sites excluding steroid dienone is 12. The van der Waals surface area contributed by atoms with Gasteiger partial charge in [0.15, 0.2) is 6.10 Å². The Bertz CT molecular complexity index is 1160. The molecule has 52 heavy (non-hydrogen) atoms. The van der Waals surface area contributed by atoms with Crippen LogP contribution in [-0.4, -0.2) is 59.9 Å². The number of rotatable bonds is 34. The maximum Gasteiger partial charge on any atom is 0.472 e. The van der Waals surface area contributed by atoms with E-state index in [1.165, 1.54) is 12.8 Å². The summed E-state index contributed by atoms with van der Waals surface area (Å²) < 4.78 is 32.5. The highest BCUT2D eigenvalue weighted by Crippen LogP contribution is 2.43. The quantitative estimate of drug-likeness (QED) is 0.0248. The molecular formula is C40H66NO10P. The van der Waals surface area contributed by atoms with Gasteiger partial charge in [-0.25, -0.2) is 4.57 Å². The van der Waals surface area contributed by atoms with Crippen LogP contribution in [0, 0.1) is 0 Å². The highest BCUT2D eigenvalue weighted by atomic mass is 31.2. The molecule has 0 aliphatic carbocycles. The highest BCUT2D eigenvalue weighted by Gasteiger charge is 2.28. The lowest BCUT2D eigenvalue weighted by Crippen LogP contribution is -2.34. The summed E-state index contributed by atoms with van der Waals surface area (Å²) in [7, 11) is -4.73. The van der Waals surface area contributed by atoms with E-state index in [1.54, 1.807) is 0 Å². The molecule has 0 aliphatic rings. The van der Waals surface area contributed by atoms with Gasteiger partial charge in [-0.05, 0) is 70.6 Å². The number of unbranched alkanes of at least 4 members (excludes halogenated alkanes) is 8. The van der Waals surface area contributed by atoms with Crippen molar-refractivity contribution in [3.63, 3.8) is 0 Å². The molecule has 0 aromatic rings.